The summed E-state index contributed by atoms with van der Waals surface area (Å²) in [5, 5.41) is 0.112. The standard InChI is InChI=1S/C23H28ClN3O5S/c24-21-7-6-19(18-22(21)33(29,30)27-13-15-31-16-14-27)23(28)26-10-8-25(9-11-26)12-17-32-20-4-2-1-3-5-20/h1-7,18H,8-17H2. The molecule has 10 heteroatoms. The molecule has 2 fully saturated rings. The number of piperazine rings is 1. The molecule has 0 unspecified atom stereocenters. The number of rotatable bonds is 7. The Bertz CT molecular complexity index is 1050. The average Bonchev–Trinajstić information content (AvgIpc) is 2.85. The minimum absolute atomic E-state index is 0.0337. The number of sulfonamides is 1. The summed E-state index contributed by atoms with van der Waals surface area (Å²) in [6.07, 6.45) is 0. The molecule has 2 aromatic carbocycles. The number of nitrogens with zero attached hydrogens (tertiary/aromatic N) is 3. The number of morpholine rings is 1. The largest absolute Gasteiger partial charge is 0.492 e. The lowest BCUT2D eigenvalue weighted by Gasteiger charge is -2.34. The predicted octanol–water partition coefficient (Wildman–Crippen LogP) is 2.20. The summed E-state index contributed by atoms with van der Waals surface area (Å²) in [7, 11) is -3.79. The quantitative estimate of drug-likeness (QED) is 0.588. The molecule has 0 aromatic heterocycles. The highest BCUT2D eigenvalue weighted by Gasteiger charge is 2.30. The summed E-state index contributed by atoms with van der Waals surface area (Å²) in [5.41, 5.74) is 0.326. The first-order valence-corrected chi connectivity index (χ1v) is 12.8. The maximum atomic E-state index is 13.1. The molecule has 1 amide bonds. The lowest BCUT2D eigenvalue weighted by molar-refractivity contribution is 0.0620. The number of carbonyl (C=O) groups excluding carboxylic acids is 1. The SMILES string of the molecule is O=C(c1ccc(Cl)c(S(=O)(=O)N2CCOCC2)c1)N1CCN(CCOc2ccccc2)CC1. The van der Waals surface area contributed by atoms with E-state index in [1.165, 1.54) is 16.4 Å². The lowest BCUT2D eigenvalue weighted by atomic mass is 10.2. The van der Waals surface area contributed by atoms with Gasteiger partial charge >= 0.3 is 0 Å². The lowest BCUT2D eigenvalue weighted by Crippen LogP contribution is -2.49. The fourth-order valence-electron chi connectivity index (χ4n) is 3.93. The van der Waals surface area contributed by atoms with Crippen LogP contribution in [0.25, 0.3) is 0 Å². The molecular weight excluding hydrogens is 466 g/mol. The normalized spacial score (nSPS) is 18.3. The third-order valence-corrected chi connectivity index (χ3v) is 8.23. The van der Waals surface area contributed by atoms with Gasteiger partial charge in [0.2, 0.25) is 10.0 Å². The number of carbonyl (C=O) groups is 1. The number of hydrogen-bond acceptors (Lipinski definition) is 6. The number of amides is 1. The summed E-state index contributed by atoms with van der Waals surface area (Å²) >= 11 is 6.22. The fourth-order valence-corrected chi connectivity index (χ4v) is 5.83. The van der Waals surface area contributed by atoms with E-state index in [1.54, 1.807) is 11.0 Å². The second-order valence-electron chi connectivity index (χ2n) is 7.96. The van der Waals surface area contributed by atoms with Gasteiger partial charge in [-0.3, -0.25) is 9.69 Å². The van der Waals surface area contributed by atoms with Crippen LogP contribution in [0.4, 0.5) is 0 Å². The number of ether oxygens (including phenoxy) is 2. The van der Waals surface area contributed by atoms with Crippen LogP contribution in [-0.2, 0) is 14.8 Å². The Morgan fingerprint density at radius 1 is 0.970 bits per heavy atom. The summed E-state index contributed by atoms with van der Waals surface area (Å²) in [6, 6.07) is 14.2. The number of benzene rings is 2. The van der Waals surface area contributed by atoms with Gasteiger partial charge < -0.3 is 14.4 Å². The Labute approximate surface area is 199 Å². The first kappa shape index (κ1) is 24.0. The van der Waals surface area contributed by atoms with Gasteiger partial charge in [-0.15, -0.1) is 0 Å². The topological polar surface area (TPSA) is 79.4 Å². The molecule has 4 rings (SSSR count). The van der Waals surface area contributed by atoms with Crippen LogP contribution in [0.5, 0.6) is 5.75 Å². The van der Waals surface area contributed by atoms with E-state index < -0.39 is 10.0 Å². The van der Waals surface area contributed by atoms with Gasteiger partial charge in [0, 0.05) is 51.4 Å². The van der Waals surface area contributed by atoms with Gasteiger partial charge in [0.05, 0.1) is 18.2 Å². The number of para-hydroxylation sites is 1. The van der Waals surface area contributed by atoms with Gasteiger partial charge in [-0.05, 0) is 30.3 Å². The first-order valence-electron chi connectivity index (χ1n) is 11.0. The van der Waals surface area contributed by atoms with Crippen LogP contribution in [0.3, 0.4) is 0 Å². The molecule has 2 aliphatic rings. The van der Waals surface area contributed by atoms with Gasteiger partial charge in [-0.1, -0.05) is 29.8 Å². The van der Waals surface area contributed by atoms with Gasteiger partial charge in [0.25, 0.3) is 5.91 Å². The molecule has 33 heavy (non-hydrogen) atoms. The van der Waals surface area contributed by atoms with E-state index in [0.29, 0.717) is 38.5 Å². The predicted molar refractivity (Wildman–Crippen MR) is 125 cm³/mol. The van der Waals surface area contributed by atoms with E-state index in [2.05, 4.69) is 4.90 Å². The van der Waals surface area contributed by atoms with Crippen molar-refractivity contribution in [3.8, 4) is 5.75 Å². The summed E-state index contributed by atoms with van der Waals surface area (Å²) in [6.45, 7) is 5.19. The van der Waals surface area contributed by atoms with Crippen molar-refractivity contribution in [3.63, 3.8) is 0 Å². The van der Waals surface area contributed by atoms with Crippen LogP contribution in [0.1, 0.15) is 10.4 Å². The summed E-state index contributed by atoms with van der Waals surface area (Å²) in [4.78, 5) is 17.1. The van der Waals surface area contributed by atoms with Crippen molar-refractivity contribution >= 4 is 27.5 Å². The Morgan fingerprint density at radius 2 is 1.67 bits per heavy atom. The zero-order chi connectivity index (χ0) is 23.3. The van der Waals surface area contributed by atoms with E-state index in [4.69, 9.17) is 21.1 Å². The molecular formula is C23H28ClN3O5S. The minimum atomic E-state index is -3.79. The maximum Gasteiger partial charge on any atom is 0.253 e. The molecule has 2 aromatic rings. The van der Waals surface area contributed by atoms with Crippen LogP contribution in [0.2, 0.25) is 5.02 Å². The second-order valence-corrected chi connectivity index (χ2v) is 10.3. The Morgan fingerprint density at radius 3 is 2.36 bits per heavy atom. The third kappa shape index (κ3) is 5.85. The monoisotopic (exact) mass is 493 g/mol. The van der Waals surface area contributed by atoms with Gasteiger partial charge in [-0.25, -0.2) is 8.42 Å². The summed E-state index contributed by atoms with van der Waals surface area (Å²) < 4.78 is 38.4. The number of hydrogen-bond donors (Lipinski definition) is 0. The van der Waals surface area contributed by atoms with Crippen molar-refractivity contribution in [1.82, 2.24) is 14.1 Å². The Balaban J connectivity index is 1.34. The first-order chi connectivity index (χ1) is 15.9. The van der Waals surface area contributed by atoms with Crippen molar-refractivity contribution in [1.29, 1.82) is 0 Å². The highest BCUT2D eigenvalue weighted by atomic mass is 35.5. The Kier molecular flexibility index (Phi) is 7.87. The smallest absolute Gasteiger partial charge is 0.253 e. The van der Waals surface area contributed by atoms with Crippen LogP contribution in [-0.4, -0.2) is 94.1 Å². The molecule has 0 aliphatic carbocycles. The highest BCUT2D eigenvalue weighted by Crippen LogP contribution is 2.27. The minimum Gasteiger partial charge on any atom is -0.492 e. The van der Waals surface area contributed by atoms with Crippen LogP contribution in [0, 0.1) is 0 Å². The van der Waals surface area contributed by atoms with E-state index in [1.807, 2.05) is 30.3 Å². The molecule has 2 aliphatic heterocycles. The molecule has 0 spiro atoms. The van der Waals surface area contributed by atoms with Crippen molar-refractivity contribution in [2.75, 3.05) is 65.6 Å². The zero-order valence-electron chi connectivity index (χ0n) is 18.4. The van der Waals surface area contributed by atoms with E-state index in [0.717, 1.165) is 25.4 Å². The van der Waals surface area contributed by atoms with Crippen molar-refractivity contribution < 1.29 is 22.7 Å². The van der Waals surface area contributed by atoms with E-state index >= 15 is 0 Å². The van der Waals surface area contributed by atoms with Crippen molar-refractivity contribution in [3.05, 3.63) is 59.1 Å². The molecule has 2 heterocycles. The molecule has 2 saturated heterocycles. The average molecular weight is 494 g/mol. The fraction of sp³-hybridized carbons (Fsp3) is 0.435. The van der Waals surface area contributed by atoms with Gasteiger partial charge in [0.1, 0.15) is 17.3 Å². The molecule has 0 atom stereocenters. The third-order valence-electron chi connectivity index (χ3n) is 5.84. The maximum absolute atomic E-state index is 13.1. The Hall–Kier alpha value is -2.17. The van der Waals surface area contributed by atoms with Crippen molar-refractivity contribution in [2.45, 2.75) is 4.90 Å². The summed E-state index contributed by atoms with van der Waals surface area (Å²) in [5.74, 6) is 0.655. The van der Waals surface area contributed by atoms with E-state index in [9.17, 15) is 13.2 Å². The van der Waals surface area contributed by atoms with Gasteiger partial charge in [-0.2, -0.15) is 4.31 Å². The van der Waals surface area contributed by atoms with Gasteiger partial charge in [0.15, 0.2) is 0 Å². The molecule has 178 valence electrons. The highest BCUT2D eigenvalue weighted by molar-refractivity contribution is 7.89. The molecule has 0 saturated carbocycles. The van der Waals surface area contributed by atoms with E-state index in [-0.39, 0.29) is 28.9 Å². The van der Waals surface area contributed by atoms with Crippen LogP contribution < -0.4 is 4.74 Å². The molecule has 8 nitrogen and oxygen atoms in total. The van der Waals surface area contributed by atoms with Crippen LogP contribution in [0.15, 0.2) is 53.4 Å². The number of halogens is 1. The molecule has 0 radical (unpaired) electrons. The molecule has 0 N–H and O–H groups in total. The van der Waals surface area contributed by atoms with Crippen molar-refractivity contribution in [2.24, 2.45) is 0 Å². The second kappa shape index (κ2) is 10.8. The van der Waals surface area contributed by atoms with Crippen LogP contribution >= 0.6 is 11.6 Å². The molecule has 0 bridgehead atoms. The zero-order valence-corrected chi connectivity index (χ0v) is 19.9.